The topological polar surface area (TPSA) is 46.5 Å². The van der Waals surface area contributed by atoms with Gasteiger partial charge in [0.25, 0.3) is 0 Å². The van der Waals surface area contributed by atoms with Crippen LogP contribution in [0.5, 0.6) is 0 Å². The van der Waals surface area contributed by atoms with E-state index in [2.05, 4.69) is 31.0 Å². The van der Waals surface area contributed by atoms with Crippen molar-refractivity contribution in [1.29, 1.82) is 0 Å². The third kappa shape index (κ3) is 1.45. The Balaban J connectivity index is 2.13. The van der Waals surface area contributed by atoms with E-state index in [1.165, 1.54) is 0 Å². The molecule has 0 unspecified atom stereocenters. The van der Waals surface area contributed by atoms with E-state index in [1.807, 2.05) is 30.5 Å². The molecule has 3 aromatic rings. The van der Waals surface area contributed by atoms with Crippen LogP contribution in [0, 0.1) is 0 Å². The summed E-state index contributed by atoms with van der Waals surface area (Å²) in [5.41, 5.74) is 2.69. The van der Waals surface area contributed by atoms with E-state index in [-0.39, 0.29) is 0 Å². The van der Waals surface area contributed by atoms with Gasteiger partial charge in [-0.15, -0.1) is 5.10 Å². The standard InChI is InChI=1S/C10H7BrN4/c11-7-1-3-8(4-2-7)15-5-9-10(14-15)13-6-12-9/h1-6H,(H,12,13,14). The van der Waals surface area contributed by atoms with Crippen molar-refractivity contribution in [2.24, 2.45) is 0 Å². The number of hydrogen-bond acceptors (Lipinski definition) is 2. The largest absolute Gasteiger partial charge is 0.342 e. The molecule has 0 aliphatic carbocycles. The molecule has 2 aromatic heterocycles. The Hall–Kier alpha value is -1.62. The second kappa shape index (κ2) is 3.20. The lowest BCUT2D eigenvalue weighted by Gasteiger charge is -1.99. The maximum absolute atomic E-state index is 4.33. The molecule has 1 N–H and O–H groups in total. The first-order chi connectivity index (χ1) is 7.33. The first-order valence-electron chi connectivity index (χ1n) is 4.47. The summed E-state index contributed by atoms with van der Waals surface area (Å²) < 4.78 is 2.86. The van der Waals surface area contributed by atoms with Gasteiger partial charge < -0.3 is 4.98 Å². The summed E-state index contributed by atoms with van der Waals surface area (Å²) in [6, 6.07) is 7.96. The molecular weight excluding hydrogens is 256 g/mol. The second-order valence-corrected chi connectivity index (χ2v) is 4.11. The molecule has 0 aliphatic heterocycles. The number of H-pyrrole nitrogens is 1. The highest BCUT2D eigenvalue weighted by Crippen LogP contribution is 2.15. The summed E-state index contributed by atoms with van der Waals surface area (Å²) in [5, 5.41) is 4.33. The minimum absolute atomic E-state index is 0.734. The van der Waals surface area contributed by atoms with Gasteiger partial charge in [0.2, 0.25) is 0 Å². The molecule has 0 amide bonds. The molecule has 0 fully saturated rings. The Morgan fingerprint density at radius 3 is 2.73 bits per heavy atom. The van der Waals surface area contributed by atoms with E-state index in [0.717, 1.165) is 21.3 Å². The quantitative estimate of drug-likeness (QED) is 0.733. The van der Waals surface area contributed by atoms with Crippen LogP contribution < -0.4 is 0 Å². The number of halogens is 1. The van der Waals surface area contributed by atoms with Crippen molar-refractivity contribution in [3.05, 3.63) is 41.3 Å². The molecule has 3 rings (SSSR count). The third-order valence-corrected chi connectivity index (χ3v) is 2.72. The van der Waals surface area contributed by atoms with Crippen LogP contribution in [0.25, 0.3) is 16.9 Å². The van der Waals surface area contributed by atoms with Crippen LogP contribution in [0.4, 0.5) is 0 Å². The van der Waals surface area contributed by atoms with Gasteiger partial charge in [-0.2, -0.15) is 0 Å². The van der Waals surface area contributed by atoms with Gasteiger partial charge in [0.1, 0.15) is 5.52 Å². The molecule has 2 heterocycles. The number of hydrogen-bond donors (Lipinski definition) is 1. The zero-order valence-corrected chi connectivity index (χ0v) is 9.27. The fraction of sp³-hybridized carbons (Fsp3) is 0. The number of aromatic amines is 1. The Morgan fingerprint density at radius 1 is 1.20 bits per heavy atom. The van der Waals surface area contributed by atoms with Crippen LogP contribution in [0.1, 0.15) is 0 Å². The van der Waals surface area contributed by atoms with E-state index < -0.39 is 0 Å². The predicted molar refractivity (Wildman–Crippen MR) is 60.9 cm³/mol. The zero-order valence-electron chi connectivity index (χ0n) is 7.68. The van der Waals surface area contributed by atoms with Gasteiger partial charge in [-0.25, -0.2) is 9.67 Å². The SMILES string of the molecule is Brc1ccc(-n2cc3[nH]cnc3n2)cc1. The maximum Gasteiger partial charge on any atom is 0.199 e. The highest BCUT2D eigenvalue weighted by molar-refractivity contribution is 9.10. The van der Waals surface area contributed by atoms with Crippen molar-refractivity contribution in [3.63, 3.8) is 0 Å². The van der Waals surface area contributed by atoms with E-state index in [4.69, 9.17) is 0 Å². The third-order valence-electron chi connectivity index (χ3n) is 2.19. The summed E-state index contributed by atoms with van der Waals surface area (Å²) in [6.45, 7) is 0. The Kier molecular flexibility index (Phi) is 1.85. The van der Waals surface area contributed by atoms with Crippen LogP contribution in [0.15, 0.2) is 41.3 Å². The summed E-state index contributed by atoms with van der Waals surface area (Å²) in [7, 11) is 0. The van der Waals surface area contributed by atoms with E-state index in [0.29, 0.717) is 0 Å². The number of imidazole rings is 1. The number of aromatic nitrogens is 4. The molecular formula is C10H7BrN4. The minimum Gasteiger partial charge on any atom is -0.342 e. The molecule has 74 valence electrons. The predicted octanol–water partition coefficient (Wildman–Crippen LogP) is 2.51. The summed E-state index contributed by atoms with van der Waals surface area (Å²) >= 11 is 3.40. The van der Waals surface area contributed by atoms with Gasteiger partial charge >= 0.3 is 0 Å². The average Bonchev–Trinajstić information content (AvgIpc) is 2.78. The molecule has 0 saturated carbocycles. The summed E-state index contributed by atoms with van der Waals surface area (Å²) in [4.78, 5) is 7.10. The van der Waals surface area contributed by atoms with Crippen molar-refractivity contribution < 1.29 is 0 Å². The molecule has 15 heavy (non-hydrogen) atoms. The molecule has 0 radical (unpaired) electrons. The maximum atomic E-state index is 4.33. The van der Waals surface area contributed by atoms with Crippen LogP contribution in [0.2, 0.25) is 0 Å². The lowest BCUT2D eigenvalue weighted by molar-refractivity contribution is 0.887. The van der Waals surface area contributed by atoms with E-state index in [9.17, 15) is 0 Å². The smallest absolute Gasteiger partial charge is 0.199 e. The highest BCUT2D eigenvalue weighted by atomic mass is 79.9. The first-order valence-corrected chi connectivity index (χ1v) is 5.27. The monoisotopic (exact) mass is 262 g/mol. The molecule has 0 atom stereocenters. The van der Waals surface area contributed by atoms with Crippen LogP contribution >= 0.6 is 15.9 Å². The van der Waals surface area contributed by atoms with Crippen molar-refractivity contribution >= 4 is 27.1 Å². The normalized spacial score (nSPS) is 11.0. The molecule has 4 nitrogen and oxygen atoms in total. The lowest BCUT2D eigenvalue weighted by atomic mass is 10.3. The van der Waals surface area contributed by atoms with Gasteiger partial charge in [-0.1, -0.05) is 15.9 Å². The van der Waals surface area contributed by atoms with E-state index in [1.54, 1.807) is 11.0 Å². The number of nitrogens with one attached hydrogen (secondary N) is 1. The molecule has 0 saturated heterocycles. The van der Waals surface area contributed by atoms with Gasteiger partial charge in [-0.3, -0.25) is 0 Å². The van der Waals surface area contributed by atoms with E-state index >= 15 is 0 Å². The average molecular weight is 263 g/mol. The Morgan fingerprint density at radius 2 is 2.00 bits per heavy atom. The van der Waals surface area contributed by atoms with Crippen molar-refractivity contribution in [1.82, 2.24) is 19.7 Å². The lowest BCUT2D eigenvalue weighted by Crippen LogP contribution is -1.93. The Labute approximate surface area is 94.1 Å². The molecule has 0 aliphatic rings. The number of rotatable bonds is 1. The number of nitrogens with zero attached hydrogens (tertiary/aromatic N) is 3. The molecule has 1 aromatic carbocycles. The number of fused-ring (bicyclic) bond motifs is 1. The molecule has 0 spiro atoms. The summed E-state index contributed by atoms with van der Waals surface area (Å²) in [6.07, 6.45) is 3.56. The van der Waals surface area contributed by atoms with Gasteiger partial charge in [-0.05, 0) is 24.3 Å². The van der Waals surface area contributed by atoms with Crippen molar-refractivity contribution in [3.8, 4) is 5.69 Å². The van der Waals surface area contributed by atoms with Crippen molar-refractivity contribution in [2.45, 2.75) is 0 Å². The fourth-order valence-corrected chi connectivity index (χ4v) is 1.72. The van der Waals surface area contributed by atoms with Crippen LogP contribution in [-0.2, 0) is 0 Å². The highest BCUT2D eigenvalue weighted by Gasteiger charge is 2.03. The molecule has 5 heteroatoms. The van der Waals surface area contributed by atoms with Crippen LogP contribution in [0.3, 0.4) is 0 Å². The number of benzene rings is 1. The summed E-state index contributed by atoms with van der Waals surface area (Å²) in [5.74, 6) is 0. The zero-order chi connectivity index (χ0) is 10.3. The first kappa shape index (κ1) is 8.67. The van der Waals surface area contributed by atoms with Crippen LogP contribution in [-0.4, -0.2) is 19.7 Å². The van der Waals surface area contributed by atoms with Gasteiger partial charge in [0.05, 0.1) is 18.2 Å². The second-order valence-electron chi connectivity index (χ2n) is 3.19. The molecule has 0 bridgehead atoms. The van der Waals surface area contributed by atoms with Gasteiger partial charge in [0.15, 0.2) is 5.65 Å². The Bertz CT molecular complexity index is 565. The van der Waals surface area contributed by atoms with Crippen molar-refractivity contribution in [2.75, 3.05) is 0 Å². The van der Waals surface area contributed by atoms with Gasteiger partial charge in [0, 0.05) is 4.47 Å². The minimum atomic E-state index is 0.734. The fourth-order valence-electron chi connectivity index (χ4n) is 1.45.